The molecule has 0 aliphatic rings. The van der Waals surface area contributed by atoms with Gasteiger partial charge < -0.3 is 16.6 Å². The van der Waals surface area contributed by atoms with Crippen molar-refractivity contribution in [3.05, 3.63) is 23.5 Å². The van der Waals surface area contributed by atoms with Crippen LogP contribution in [0.5, 0.6) is 0 Å². The third kappa shape index (κ3) is 1.48. The van der Waals surface area contributed by atoms with Crippen molar-refractivity contribution in [1.82, 2.24) is 0 Å². The van der Waals surface area contributed by atoms with E-state index in [1.165, 1.54) is 12.1 Å². The van der Waals surface area contributed by atoms with Gasteiger partial charge in [0.15, 0.2) is 5.82 Å². The first-order valence-electron chi connectivity index (χ1n) is 3.60. The first-order chi connectivity index (χ1) is 5.66. The van der Waals surface area contributed by atoms with Crippen LogP contribution >= 0.6 is 0 Å². The van der Waals surface area contributed by atoms with Gasteiger partial charge in [-0.3, -0.25) is 0 Å². The lowest BCUT2D eigenvalue weighted by molar-refractivity contribution is 0.298. The zero-order valence-corrected chi connectivity index (χ0v) is 6.55. The van der Waals surface area contributed by atoms with Crippen LogP contribution < -0.4 is 11.5 Å². The predicted octanol–water partition coefficient (Wildman–Crippen LogP) is 0.525. The summed E-state index contributed by atoms with van der Waals surface area (Å²) >= 11 is 0. The average molecular weight is 170 g/mol. The van der Waals surface area contributed by atoms with Crippen LogP contribution in [-0.2, 0) is 6.42 Å². The topological polar surface area (TPSA) is 72.3 Å². The van der Waals surface area contributed by atoms with Gasteiger partial charge in [-0.25, -0.2) is 4.39 Å². The number of anilines is 2. The van der Waals surface area contributed by atoms with Crippen molar-refractivity contribution in [3.8, 4) is 0 Å². The maximum absolute atomic E-state index is 13.1. The Morgan fingerprint density at radius 3 is 2.42 bits per heavy atom. The fourth-order valence-electron chi connectivity index (χ4n) is 1.02. The van der Waals surface area contributed by atoms with Gasteiger partial charge in [0.1, 0.15) is 0 Å². The molecular formula is C8H11FN2O. The Morgan fingerprint density at radius 2 is 1.83 bits per heavy atom. The summed E-state index contributed by atoms with van der Waals surface area (Å²) in [5, 5.41) is 8.60. The van der Waals surface area contributed by atoms with Crippen molar-refractivity contribution in [2.24, 2.45) is 0 Å². The maximum atomic E-state index is 13.1. The number of benzene rings is 1. The number of aliphatic hydroxyl groups is 1. The average Bonchev–Trinajstić information content (AvgIpc) is 2.06. The molecule has 0 unspecified atom stereocenters. The molecule has 0 aliphatic carbocycles. The Bertz CT molecular complexity index is 289. The Kier molecular flexibility index (Phi) is 2.50. The van der Waals surface area contributed by atoms with E-state index in [1.807, 2.05) is 0 Å². The van der Waals surface area contributed by atoms with Crippen molar-refractivity contribution in [1.29, 1.82) is 0 Å². The number of aliphatic hydroxyl groups excluding tert-OH is 1. The quantitative estimate of drug-likeness (QED) is 0.567. The van der Waals surface area contributed by atoms with Gasteiger partial charge in [-0.05, 0) is 12.1 Å². The molecule has 0 aromatic heterocycles. The van der Waals surface area contributed by atoms with Crippen LogP contribution in [-0.4, -0.2) is 11.7 Å². The molecule has 0 heterocycles. The SMILES string of the molecule is Nc1ccc(N)c(CCO)c1F. The molecule has 0 radical (unpaired) electrons. The Balaban J connectivity index is 3.14. The van der Waals surface area contributed by atoms with E-state index in [0.29, 0.717) is 5.69 Å². The van der Waals surface area contributed by atoms with Gasteiger partial charge in [-0.1, -0.05) is 0 Å². The molecule has 0 saturated heterocycles. The summed E-state index contributed by atoms with van der Waals surface area (Å²) < 4.78 is 13.1. The third-order valence-corrected chi connectivity index (χ3v) is 1.67. The standard InChI is InChI=1S/C8H11FN2O/c9-8-5(3-4-12)6(10)1-2-7(8)11/h1-2,12H,3-4,10-11H2. The zero-order valence-electron chi connectivity index (χ0n) is 6.55. The highest BCUT2D eigenvalue weighted by Crippen LogP contribution is 2.21. The Labute approximate surface area is 69.8 Å². The van der Waals surface area contributed by atoms with Gasteiger partial charge in [0.2, 0.25) is 0 Å². The second-order valence-electron chi connectivity index (χ2n) is 2.51. The molecule has 0 bridgehead atoms. The largest absolute Gasteiger partial charge is 0.398 e. The van der Waals surface area contributed by atoms with Gasteiger partial charge in [0.05, 0.1) is 5.69 Å². The number of nitrogen functional groups attached to an aromatic ring is 2. The summed E-state index contributed by atoms with van der Waals surface area (Å²) in [5.41, 5.74) is 11.5. The van der Waals surface area contributed by atoms with Crippen molar-refractivity contribution in [2.75, 3.05) is 18.1 Å². The second-order valence-corrected chi connectivity index (χ2v) is 2.51. The number of hydrogen-bond donors (Lipinski definition) is 3. The Hall–Kier alpha value is -1.29. The summed E-state index contributed by atoms with van der Waals surface area (Å²) in [7, 11) is 0. The number of halogens is 1. The van der Waals surface area contributed by atoms with E-state index in [9.17, 15) is 4.39 Å². The smallest absolute Gasteiger partial charge is 0.151 e. The lowest BCUT2D eigenvalue weighted by Crippen LogP contribution is -2.03. The molecule has 1 aromatic rings. The predicted molar refractivity (Wildman–Crippen MR) is 46.0 cm³/mol. The lowest BCUT2D eigenvalue weighted by atomic mass is 10.1. The minimum Gasteiger partial charge on any atom is -0.398 e. The molecule has 0 spiro atoms. The van der Waals surface area contributed by atoms with Gasteiger partial charge in [0, 0.05) is 24.3 Å². The van der Waals surface area contributed by atoms with Crippen LogP contribution in [0.15, 0.2) is 12.1 Å². The normalized spacial score (nSPS) is 10.2. The fourth-order valence-corrected chi connectivity index (χ4v) is 1.02. The molecule has 0 saturated carbocycles. The zero-order chi connectivity index (χ0) is 9.14. The molecule has 5 N–H and O–H groups in total. The molecular weight excluding hydrogens is 159 g/mol. The molecule has 0 fully saturated rings. The van der Waals surface area contributed by atoms with Gasteiger partial charge in [-0.15, -0.1) is 0 Å². The van der Waals surface area contributed by atoms with Gasteiger partial charge in [-0.2, -0.15) is 0 Å². The molecule has 66 valence electrons. The van der Waals surface area contributed by atoms with Gasteiger partial charge in [0.25, 0.3) is 0 Å². The lowest BCUT2D eigenvalue weighted by Gasteiger charge is -2.06. The summed E-state index contributed by atoms with van der Waals surface area (Å²) in [6.45, 7) is -0.134. The summed E-state index contributed by atoms with van der Waals surface area (Å²) in [6.07, 6.45) is 0.197. The highest BCUT2D eigenvalue weighted by Gasteiger charge is 2.08. The van der Waals surface area contributed by atoms with E-state index in [2.05, 4.69) is 0 Å². The van der Waals surface area contributed by atoms with Crippen LogP contribution in [0, 0.1) is 5.82 Å². The second kappa shape index (κ2) is 3.40. The van der Waals surface area contributed by atoms with Crippen LogP contribution in [0.25, 0.3) is 0 Å². The fraction of sp³-hybridized carbons (Fsp3) is 0.250. The molecule has 0 atom stereocenters. The highest BCUT2D eigenvalue weighted by molar-refractivity contribution is 5.56. The Morgan fingerprint density at radius 1 is 1.25 bits per heavy atom. The van der Waals surface area contributed by atoms with Crippen LogP contribution in [0.3, 0.4) is 0 Å². The third-order valence-electron chi connectivity index (χ3n) is 1.67. The van der Waals surface area contributed by atoms with Crippen LogP contribution in [0.1, 0.15) is 5.56 Å². The summed E-state index contributed by atoms with van der Waals surface area (Å²) in [6, 6.07) is 2.94. The minimum atomic E-state index is -0.524. The molecule has 12 heavy (non-hydrogen) atoms. The van der Waals surface area contributed by atoms with E-state index < -0.39 is 5.82 Å². The number of hydrogen-bond acceptors (Lipinski definition) is 3. The van der Waals surface area contributed by atoms with E-state index in [0.717, 1.165) is 0 Å². The van der Waals surface area contributed by atoms with E-state index in [-0.39, 0.29) is 24.3 Å². The summed E-state index contributed by atoms with van der Waals surface area (Å²) in [4.78, 5) is 0. The highest BCUT2D eigenvalue weighted by atomic mass is 19.1. The molecule has 1 aromatic carbocycles. The molecule has 0 amide bonds. The minimum absolute atomic E-state index is 0.0626. The van der Waals surface area contributed by atoms with E-state index in [1.54, 1.807) is 0 Å². The van der Waals surface area contributed by atoms with E-state index >= 15 is 0 Å². The first-order valence-corrected chi connectivity index (χ1v) is 3.60. The van der Waals surface area contributed by atoms with Crippen molar-refractivity contribution in [2.45, 2.75) is 6.42 Å². The van der Waals surface area contributed by atoms with Gasteiger partial charge >= 0.3 is 0 Å². The molecule has 3 nitrogen and oxygen atoms in total. The van der Waals surface area contributed by atoms with Crippen LogP contribution in [0.2, 0.25) is 0 Å². The van der Waals surface area contributed by atoms with E-state index in [4.69, 9.17) is 16.6 Å². The molecule has 1 rings (SSSR count). The van der Waals surface area contributed by atoms with Crippen molar-refractivity contribution >= 4 is 11.4 Å². The number of nitrogens with two attached hydrogens (primary N) is 2. The summed E-state index contributed by atoms with van der Waals surface area (Å²) in [5.74, 6) is -0.524. The first kappa shape index (κ1) is 8.80. The number of rotatable bonds is 2. The van der Waals surface area contributed by atoms with Crippen molar-refractivity contribution < 1.29 is 9.50 Å². The maximum Gasteiger partial charge on any atom is 0.151 e. The molecule has 4 heteroatoms. The van der Waals surface area contributed by atoms with Crippen LogP contribution in [0.4, 0.5) is 15.8 Å². The monoisotopic (exact) mass is 170 g/mol. The molecule has 0 aliphatic heterocycles. The van der Waals surface area contributed by atoms with Crippen molar-refractivity contribution in [3.63, 3.8) is 0 Å².